The molecular weight excluding hydrogens is 796 g/mol. The van der Waals surface area contributed by atoms with Crippen LogP contribution in [-0.4, -0.2) is 122 Å². The molecule has 2 fully saturated rings. The minimum atomic E-state index is -1.29. The van der Waals surface area contributed by atoms with Crippen LogP contribution in [0.2, 0.25) is 0 Å². The Morgan fingerprint density at radius 2 is 1.72 bits per heavy atom. The molecule has 3 aliphatic heterocycles. The number of hydrogen-bond donors (Lipinski definition) is 2. The van der Waals surface area contributed by atoms with E-state index in [1.165, 1.54) is 22.0 Å². The average Bonchev–Trinajstić information content (AvgIpc) is 3.78. The molecule has 0 radical (unpaired) electrons. The first-order valence-corrected chi connectivity index (χ1v) is 20.8. The van der Waals surface area contributed by atoms with Gasteiger partial charge in [-0.25, -0.2) is 4.39 Å². The minimum absolute atomic E-state index is 0.0364. The summed E-state index contributed by atoms with van der Waals surface area (Å²) in [5.74, 6) is -1.22. The van der Waals surface area contributed by atoms with Crippen LogP contribution in [0.15, 0.2) is 47.4 Å². The minimum Gasteiger partial charge on any atom is -0.496 e. The van der Waals surface area contributed by atoms with Crippen molar-refractivity contribution in [3.05, 3.63) is 74.5 Å². The molecule has 3 aliphatic rings. The second kappa shape index (κ2) is 17.9. The largest absolute Gasteiger partial charge is 0.496 e. The lowest BCUT2D eigenvalue weighted by Gasteiger charge is -2.35. The summed E-state index contributed by atoms with van der Waals surface area (Å²) in [6, 6.07) is 8.41. The molecular formula is C43H49FN6O9S. The summed E-state index contributed by atoms with van der Waals surface area (Å²) < 4.78 is 35.1. The molecule has 2 aromatic carbocycles. The highest BCUT2D eigenvalue weighted by Crippen LogP contribution is 2.40. The van der Waals surface area contributed by atoms with Gasteiger partial charge in [0.25, 0.3) is 23.3 Å². The van der Waals surface area contributed by atoms with Crippen LogP contribution in [0.3, 0.4) is 0 Å². The molecule has 318 valence electrons. The number of benzene rings is 2. The van der Waals surface area contributed by atoms with E-state index in [9.17, 15) is 28.8 Å². The number of aryl methyl sites for hydroxylation is 1. The molecule has 0 spiro atoms. The van der Waals surface area contributed by atoms with Crippen LogP contribution < -0.4 is 30.4 Å². The van der Waals surface area contributed by atoms with Gasteiger partial charge in [0.2, 0.25) is 11.8 Å². The number of aromatic nitrogens is 1. The lowest BCUT2D eigenvalue weighted by atomic mass is 10.0. The number of fused-ring (bicyclic) bond motifs is 2. The molecule has 17 heteroatoms. The Labute approximate surface area is 350 Å². The van der Waals surface area contributed by atoms with Gasteiger partial charge in [0.05, 0.1) is 53.8 Å². The number of thiophene rings is 1. The molecule has 0 saturated carbocycles. The monoisotopic (exact) mass is 844 g/mol. The third-order valence-corrected chi connectivity index (χ3v) is 12.4. The molecule has 0 bridgehead atoms. The second-order valence-corrected chi connectivity index (χ2v) is 16.7. The molecule has 2 N–H and O–H groups in total. The predicted octanol–water partition coefficient (Wildman–Crippen LogP) is 4.14. The zero-order valence-corrected chi connectivity index (χ0v) is 35.1. The van der Waals surface area contributed by atoms with E-state index in [2.05, 4.69) is 10.6 Å². The lowest BCUT2D eigenvalue weighted by Crippen LogP contribution is -2.54. The number of nitrogens with zero attached hydrogens (tertiary/aromatic N) is 4. The first-order chi connectivity index (χ1) is 28.8. The summed E-state index contributed by atoms with van der Waals surface area (Å²) >= 11 is 1.19. The molecule has 0 aliphatic carbocycles. The van der Waals surface area contributed by atoms with Gasteiger partial charge in [-0.2, -0.15) is 0 Å². The number of halogens is 1. The average molecular weight is 845 g/mol. The topological polar surface area (TPSA) is 169 Å². The summed E-state index contributed by atoms with van der Waals surface area (Å²) in [5.41, 5.74) is 2.41. The number of piperidine rings is 2. The number of unbranched alkanes of at least 4 members (excludes halogenated alkanes) is 2. The van der Waals surface area contributed by atoms with Crippen LogP contribution in [0.25, 0.3) is 21.2 Å². The van der Waals surface area contributed by atoms with Gasteiger partial charge in [0, 0.05) is 49.6 Å². The lowest BCUT2D eigenvalue weighted by molar-refractivity contribution is -0.136. The normalized spacial score (nSPS) is 19.5. The van der Waals surface area contributed by atoms with Gasteiger partial charge in [-0.15, -0.1) is 11.3 Å². The number of alkyl halides is 1. The van der Waals surface area contributed by atoms with Crippen LogP contribution in [0.4, 0.5) is 4.39 Å². The molecule has 15 nitrogen and oxygen atoms in total. The third kappa shape index (κ3) is 8.51. The number of methoxy groups -OCH3 is 2. The van der Waals surface area contributed by atoms with Crippen LogP contribution in [0.5, 0.6) is 17.2 Å². The van der Waals surface area contributed by atoms with Gasteiger partial charge in [0.1, 0.15) is 29.5 Å². The van der Waals surface area contributed by atoms with E-state index in [4.69, 9.17) is 14.2 Å². The molecule has 3 unspecified atom stereocenters. The Morgan fingerprint density at radius 1 is 0.967 bits per heavy atom. The zero-order chi connectivity index (χ0) is 42.8. The number of amides is 5. The van der Waals surface area contributed by atoms with Gasteiger partial charge in [-0.3, -0.25) is 39.0 Å². The second-order valence-electron chi connectivity index (χ2n) is 15.6. The predicted molar refractivity (Wildman–Crippen MR) is 223 cm³/mol. The Hall–Kier alpha value is -5.65. The van der Waals surface area contributed by atoms with Crippen LogP contribution in [0.1, 0.15) is 74.5 Å². The Bertz CT molecular complexity index is 2390. The maximum atomic E-state index is 15.6. The number of imide groups is 2. The van der Waals surface area contributed by atoms with Crippen molar-refractivity contribution >= 4 is 51.0 Å². The standard InChI is InChI=1S/C43H49FN6O9S/c1-47(2)21-28-33(57-4)18-24(19-34(28)58-5)27-22-48(3)41(54)26-20-35(60-38(26)27)40(53)45-30-14-16-49(23-29(30)44)15-7-6-8-17-59-32-11-9-10-25-37(32)43(56)50(42(25)55)31-12-13-36(51)46-39(31)52/h9-11,18-20,22,29-31H,6-8,12-17,21,23H2,1-5H3,(H,45,53)(H,46,51,52). The Kier molecular flexibility index (Phi) is 12.7. The highest BCUT2D eigenvalue weighted by molar-refractivity contribution is 7.21. The SMILES string of the molecule is COc1cc(-c2cn(C)c(=O)c3cc(C(=O)NC4CCN(CCCCCOc5cccc6c5C(=O)N(C5CCC(=O)NC5=O)C6=O)CC4F)sc23)cc(OC)c1CN(C)C. The molecule has 2 aromatic heterocycles. The quantitative estimate of drug-likeness (QED) is 0.130. The summed E-state index contributed by atoms with van der Waals surface area (Å²) in [4.78, 5) is 82.6. The highest BCUT2D eigenvalue weighted by Gasteiger charge is 2.46. The van der Waals surface area contributed by atoms with Crippen molar-refractivity contribution in [2.24, 2.45) is 7.05 Å². The van der Waals surface area contributed by atoms with Crippen molar-refractivity contribution in [1.29, 1.82) is 0 Å². The molecule has 5 heterocycles. The Morgan fingerprint density at radius 3 is 2.40 bits per heavy atom. The van der Waals surface area contributed by atoms with Gasteiger partial charge >= 0.3 is 0 Å². The number of carbonyl (C=O) groups is 5. The maximum Gasteiger partial charge on any atom is 0.266 e. The molecule has 5 amide bonds. The van der Waals surface area contributed by atoms with E-state index < -0.39 is 47.8 Å². The summed E-state index contributed by atoms with van der Waals surface area (Å²) in [5, 5.41) is 5.48. The van der Waals surface area contributed by atoms with Gasteiger partial charge in [-0.05, 0) is 88.6 Å². The first kappa shape index (κ1) is 42.5. The molecule has 4 aromatic rings. The van der Waals surface area contributed by atoms with E-state index in [0.717, 1.165) is 34.4 Å². The van der Waals surface area contributed by atoms with E-state index in [-0.39, 0.29) is 48.4 Å². The first-order valence-electron chi connectivity index (χ1n) is 20.0. The van der Waals surface area contributed by atoms with Crippen LogP contribution in [0, 0.1) is 0 Å². The summed E-state index contributed by atoms with van der Waals surface area (Å²) in [6.45, 7) is 2.30. The number of ether oxygens (including phenoxy) is 3. The fourth-order valence-electron chi connectivity index (χ4n) is 8.15. The maximum absolute atomic E-state index is 15.6. The van der Waals surface area contributed by atoms with Crippen molar-refractivity contribution in [3.63, 3.8) is 0 Å². The number of likely N-dealkylation sites (tertiary alicyclic amines) is 1. The summed E-state index contributed by atoms with van der Waals surface area (Å²) in [7, 11) is 8.77. The van der Waals surface area contributed by atoms with E-state index in [0.29, 0.717) is 58.9 Å². The van der Waals surface area contributed by atoms with Crippen molar-refractivity contribution in [2.45, 2.75) is 63.3 Å². The number of rotatable bonds is 15. The number of carbonyl (C=O) groups excluding carboxylic acids is 5. The van der Waals surface area contributed by atoms with E-state index >= 15 is 4.39 Å². The number of nitrogens with one attached hydrogen (secondary N) is 2. The molecule has 3 atom stereocenters. The molecule has 7 rings (SSSR count). The summed E-state index contributed by atoms with van der Waals surface area (Å²) in [6.07, 6.45) is 3.18. The van der Waals surface area contributed by atoms with Crippen molar-refractivity contribution in [3.8, 4) is 28.4 Å². The van der Waals surface area contributed by atoms with Crippen molar-refractivity contribution in [1.82, 2.24) is 29.9 Å². The van der Waals surface area contributed by atoms with E-state index in [1.54, 1.807) is 45.7 Å². The number of pyridine rings is 1. The fourth-order valence-corrected chi connectivity index (χ4v) is 9.24. The van der Waals surface area contributed by atoms with Crippen molar-refractivity contribution < 1.29 is 42.6 Å². The fraction of sp³-hybridized carbons (Fsp3) is 0.442. The third-order valence-electron chi connectivity index (χ3n) is 11.2. The van der Waals surface area contributed by atoms with Gasteiger partial charge in [0.15, 0.2) is 0 Å². The van der Waals surface area contributed by atoms with Crippen LogP contribution in [-0.2, 0) is 23.2 Å². The van der Waals surface area contributed by atoms with E-state index in [1.807, 2.05) is 36.0 Å². The zero-order valence-electron chi connectivity index (χ0n) is 34.3. The van der Waals surface area contributed by atoms with Crippen LogP contribution >= 0.6 is 11.3 Å². The molecule has 2 saturated heterocycles. The number of hydrogen-bond acceptors (Lipinski definition) is 12. The van der Waals surface area contributed by atoms with Gasteiger partial charge < -0.3 is 33.9 Å². The van der Waals surface area contributed by atoms with Gasteiger partial charge in [-0.1, -0.05) is 6.07 Å². The highest BCUT2D eigenvalue weighted by atomic mass is 32.1. The van der Waals surface area contributed by atoms with Crippen molar-refractivity contribution in [2.75, 3.05) is 54.6 Å². The Balaban J connectivity index is 0.911. The smallest absolute Gasteiger partial charge is 0.266 e. The molecule has 60 heavy (non-hydrogen) atoms.